The molecule has 1 N–H and O–H groups in total. The normalized spacial score (nSPS) is 11.6. The van der Waals surface area contributed by atoms with Crippen LogP contribution in [-0.4, -0.2) is 20.6 Å². The maximum absolute atomic E-state index is 12.7. The molecule has 31 heavy (non-hydrogen) atoms. The number of para-hydroxylation sites is 1. The summed E-state index contributed by atoms with van der Waals surface area (Å²) in [7, 11) is -3.80. The van der Waals surface area contributed by atoms with Gasteiger partial charge in [0.25, 0.3) is 10.0 Å². The van der Waals surface area contributed by atoms with Gasteiger partial charge in [-0.25, -0.2) is 9.63 Å². The van der Waals surface area contributed by atoms with Crippen LogP contribution in [0.4, 0.5) is 0 Å². The minimum absolute atomic E-state index is 0.0891. The van der Waals surface area contributed by atoms with Gasteiger partial charge < -0.3 is 4.74 Å². The largest absolute Gasteiger partial charge is 0.422 e. The van der Waals surface area contributed by atoms with E-state index < -0.39 is 16.0 Å². The number of hydrogen-bond donors (Lipinski definition) is 1. The van der Waals surface area contributed by atoms with Gasteiger partial charge in [0.05, 0.1) is 16.1 Å². The maximum atomic E-state index is 12.7. The molecule has 0 saturated heterocycles. The van der Waals surface area contributed by atoms with E-state index in [1.54, 1.807) is 42.5 Å². The lowest BCUT2D eigenvalue weighted by atomic mass is 10.2. The molecule has 1 aromatic heterocycles. The predicted molar refractivity (Wildman–Crippen MR) is 123 cm³/mol. The van der Waals surface area contributed by atoms with Gasteiger partial charge in [0, 0.05) is 15.6 Å². The first-order chi connectivity index (χ1) is 15.0. The molecule has 0 spiro atoms. The second kappa shape index (κ2) is 8.89. The number of nitrogens with zero attached hydrogens (tertiary/aromatic N) is 1. The molecule has 0 atom stereocenters. The third-order valence-corrected chi connectivity index (χ3v) is 7.17. The fraction of sp³-hybridized carbons (Fsp3) is 0. The molecule has 6 nitrogen and oxygen atoms in total. The number of carbonyl (C=O) groups is 1. The molecule has 4 rings (SSSR count). The van der Waals surface area contributed by atoms with Crippen LogP contribution < -0.4 is 9.57 Å². The Balaban J connectivity index is 1.54. The second-order valence-electron chi connectivity index (χ2n) is 6.33. The van der Waals surface area contributed by atoms with E-state index in [9.17, 15) is 13.2 Å². The van der Waals surface area contributed by atoms with Crippen LogP contribution in [0.15, 0.2) is 88.9 Å². The smallest absolute Gasteiger partial charge is 0.355 e. The number of sulfonamides is 1. The second-order valence-corrected chi connectivity index (χ2v) is 9.43. The molecule has 156 valence electrons. The number of thiophene rings is 1. The van der Waals surface area contributed by atoms with Crippen LogP contribution in [0.1, 0.15) is 15.2 Å². The molecular formula is C22H15ClN2O4S2. The number of fused-ring (bicyclic) bond motifs is 1. The minimum Gasteiger partial charge on any atom is -0.422 e. The molecule has 0 aliphatic carbocycles. The molecule has 0 saturated carbocycles. The molecule has 4 aromatic rings. The van der Waals surface area contributed by atoms with Crippen molar-refractivity contribution in [3.05, 3.63) is 94.3 Å². The first-order valence-electron chi connectivity index (χ1n) is 9.04. The summed E-state index contributed by atoms with van der Waals surface area (Å²) in [5.41, 5.74) is 0.420. The van der Waals surface area contributed by atoms with Crippen LogP contribution in [0, 0.1) is 0 Å². The van der Waals surface area contributed by atoms with E-state index >= 15 is 0 Å². The summed E-state index contributed by atoms with van der Waals surface area (Å²) in [6.07, 6.45) is 1.27. The quantitative estimate of drug-likeness (QED) is 0.184. The summed E-state index contributed by atoms with van der Waals surface area (Å²) in [5.74, 6) is -0.374. The van der Waals surface area contributed by atoms with Gasteiger partial charge in [-0.2, -0.15) is 13.5 Å². The molecule has 0 bridgehead atoms. The van der Waals surface area contributed by atoms with Crippen LogP contribution in [0.2, 0.25) is 5.02 Å². The Bertz CT molecular complexity index is 1380. The van der Waals surface area contributed by atoms with Crippen LogP contribution in [-0.2, 0) is 10.0 Å². The van der Waals surface area contributed by atoms with Crippen molar-refractivity contribution in [2.75, 3.05) is 0 Å². The molecule has 0 unspecified atom stereocenters. The van der Waals surface area contributed by atoms with E-state index in [0.29, 0.717) is 15.5 Å². The van der Waals surface area contributed by atoms with Gasteiger partial charge in [-0.3, -0.25) is 0 Å². The Morgan fingerprint density at radius 2 is 1.65 bits per heavy atom. The van der Waals surface area contributed by atoms with Crippen molar-refractivity contribution in [3.63, 3.8) is 0 Å². The Kier molecular flexibility index (Phi) is 6.03. The highest BCUT2D eigenvalue weighted by Crippen LogP contribution is 2.36. The zero-order valence-electron chi connectivity index (χ0n) is 15.9. The van der Waals surface area contributed by atoms with E-state index in [-0.39, 0.29) is 10.6 Å². The SMILES string of the molecule is O=C(Oc1ccccc1/C=N/NS(=O)(=O)c1ccccc1)c1sc2ccccc2c1Cl. The lowest BCUT2D eigenvalue weighted by Gasteiger charge is -2.07. The van der Waals surface area contributed by atoms with Gasteiger partial charge >= 0.3 is 5.97 Å². The summed E-state index contributed by atoms with van der Waals surface area (Å²) in [6.45, 7) is 0. The molecule has 0 fully saturated rings. The third kappa shape index (κ3) is 4.61. The van der Waals surface area contributed by atoms with Crippen LogP contribution in [0.5, 0.6) is 5.75 Å². The number of ether oxygens (including phenoxy) is 1. The fourth-order valence-corrected chi connectivity index (χ4v) is 4.99. The fourth-order valence-electron chi connectivity index (χ4n) is 2.79. The van der Waals surface area contributed by atoms with E-state index in [1.807, 2.05) is 24.3 Å². The number of hydrazone groups is 1. The number of esters is 1. The van der Waals surface area contributed by atoms with Gasteiger partial charge in [0.15, 0.2) is 0 Å². The number of rotatable bonds is 6. The Morgan fingerprint density at radius 1 is 0.968 bits per heavy atom. The highest BCUT2D eigenvalue weighted by atomic mass is 35.5. The van der Waals surface area contributed by atoms with E-state index in [1.165, 1.54) is 29.7 Å². The lowest BCUT2D eigenvalue weighted by Crippen LogP contribution is -2.18. The Labute approximate surface area is 187 Å². The molecule has 3 aromatic carbocycles. The van der Waals surface area contributed by atoms with Gasteiger partial charge in [-0.05, 0) is 30.3 Å². The van der Waals surface area contributed by atoms with Crippen molar-refractivity contribution in [1.29, 1.82) is 0 Å². The third-order valence-electron chi connectivity index (χ3n) is 4.27. The van der Waals surface area contributed by atoms with Gasteiger partial charge in [0.1, 0.15) is 10.6 Å². The van der Waals surface area contributed by atoms with Crippen molar-refractivity contribution in [2.24, 2.45) is 5.10 Å². The number of carbonyl (C=O) groups excluding carboxylic acids is 1. The average Bonchev–Trinajstić information content (AvgIpc) is 3.12. The molecule has 0 aliphatic heterocycles. The van der Waals surface area contributed by atoms with Crippen molar-refractivity contribution >= 4 is 55.2 Å². The Morgan fingerprint density at radius 3 is 2.42 bits per heavy atom. The lowest BCUT2D eigenvalue weighted by molar-refractivity contribution is 0.0740. The van der Waals surface area contributed by atoms with Crippen LogP contribution in [0.25, 0.3) is 10.1 Å². The van der Waals surface area contributed by atoms with Crippen molar-refractivity contribution in [2.45, 2.75) is 4.90 Å². The molecular weight excluding hydrogens is 456 g/mol. The maximum Gasteiger partial charge on any atom is 0.355 e. The highest BCUT2D eigenvalue weighted by Gasteiger charge is 2.20. The highest BCUT2D eigenvalue weighted by molar-refractivity contribution is 7.89. The number of halogens is 1. The molecule has 9 heteroatoms. The number of hydrogen-bond acceptors (Lipinski definition) is 6. The first-order valence-corrected chi connectivity index (χ1v) is 11.7. The molecule has 0 radical (unpaired) electrons. The zero-order valence-corrected chi connectivity index (χ0v) is 18.2. The summed E-state index contributed by atoms with van der Waals surface area (Å²) in [5, 5.41) is 4.93. The van der Waals surface area contributed by atoms with Crippen LogP contribution in [0.3, 0.4) is 0 Å². The van der Waals surface area contributed by atoms with Gasteiger partial charge in [-0.1, -0.05) is 60.1 Å². The van der Waals surface area contributed by atoms with Crippen molar-refractivity contribution in [1.82, 2.24) is 4.83 Å². The summed E-state index contributed by atoms with van der Waals surface area (Å²) < 4.78 is 30.9. The Hall–Kier alpha value is -3.20. The number of benzene rings is 3. The molecule has 0 amide bonds. The van der Waals surface area contributed by atoms with E-state index in [0.717, 1.165) is 10.1 Å². The van der Waals surface area contributed by atoms with Gasteiger partial charge in [0.2, 0.25) is 0 Å². The number of nitrogens with one attached hydrogen (secondary N) is 1. The molecule has 0 aliphatic rings. The topological polar surface area (TPSA) is 84.8 Å². The van der Waals surface area contributed by atoms with Crippen molar-refractivity contribution < 1.29 is 17.9 Å². The standard InChI is InChI=1S/C22H15ClN2O4S2/c23-20-17-11-5-7-13-19(17)30-21(20)22(26)29-18-12-6-4-8-15(18)14-24-25-31(27,28)16-9-2-1-3-10-16/h1-14,25H/b24-14+. The summed E-state index contributed by atoms with van der Waals surface area (Å²) >= 11 is 7.60. The minimum atomic E-state index is -3.80. The summed E-state index contributed by atoms with van der Waals surface area (Å²) in [4.78, 5) is 15.2. The van der Waals surface area contributed by atoms with Gasteiger partial charge in [-0.15, -0.1) is 11.3 Å². The summed E-state index contributed by atoms with van der Waals surface area (Å²) in [6, 6.07) is 22.0. The van der Waals surface area contributed by atoms with E-state index in [2.05, 4.69) is 9.93 Å². The zero-order chi connectivity index (χ0) is 21.8. The van der Waals surface area contributed by atoms with Crippen LogP contribution >= 0.6 is 22.9 Å². The van der Waals surface area contributed by atoms with Crippen molar-refractivity contribution in [3.8, 4) is 5.75 Å². The molecule has 1 heterocycles. The monoisotopic (exact) mass is 470 g/mol. The predicted octanol–water partition coefficient (Wildman–Crippen LogP) is 5.09. The average molecular weight is 471 g/mol. The van der Waals surface area contributed by atoms with E-state index in [4.69, 9.17) is 16.3 Å². The first kappa shape index (κ1) is 21.0.